The first-order valence-electron chi connectivity index (χ1n) is 9.89. The molecule has 2 aromatic carbocycles. The van der Waals surface area contributed by atoms with E-state index in [1.54, 1.807) is 26.4 Å². The molecule has 0 radical (unpaired) electrons. The van der Waals surface area contributed by atoms with E-state index in [2.05, 4.69) is 10.4 Å². The molecular formula is C23H27N3O4. The van der Waals surface area contributed by atoms with Gasteiger partial charge in [-0.1, -0.05) is 38.1 Å². The van der Waals surface area contributed by atoms with Crippen LogP contribution in [-0.4, -0.2) is 29.9 Å². The molecule has 30 heavy (non-hydrogen) atoms. The molecule has 7 heteroatoms. The lowest BCUT2D eigenvalue weighted by Gasteiger charge is -2.13. The van der Waals surface area contributed by atoms with Crippen molar-refractivity contribution < 1.29 is 14.3 Å². The van der Waals surface area contributed by atoms with Crippen molar-refractivity contribution in [3.05, 3.63) is 64.1 Å². The summed E-state index contributed by atoms with van der Waals surface area (Å²) >= 11 is 0. The van der Waals surface area contributed by atoms with Gasteiger partial charge in [-0.05, 0) is 29.7 Å². The van der Waals surface area contributed by atoms with Gasteiger partial charge in [0, 0.05) is 18.5 Å². The van der Waals surface area contributed by atoms with Crippen molar-refractivity contribution in [3.63, 3.8) is 0 Å². The Morgan fingerprint density at radius 3 is 2.43 bits per heavy atom. The zero-order valence-corrected chi connectivity index (χ0v) is 17.8. The van der Waals surface area contributed by atoms with Crippen LogP contribution in [0.3, 0.4) is 0 Å². The molecule has 3 aromatic rings. The molecule has 0 bridgehead atoms. The molecule has 0 unspecified atom stereocenters. The summed E-state index contributed by atoms with van der Waals surface area (Å²) in [4.78, 5) is 25.3. The highest BCUT2D eigenvalue weighted by molar-refractivity contribution is 5.88. The van der Waals surface area contributed by atoms with Crippen LogP contribution in [0.15, 0.2) is 47.3 Å². The second kappa shape index (κ2) is 9.43. The molecule has 1 N–H and O–H groups in total. The number of ether oxygens (including phenoxy) is 2. The lowest BCUT2D eigenvalue weighted by atomic mass is 10.1. The van der Waals surface area contributed by atoms with Gasteiger partial charge in [-0.2, -0.15) is 5.10 Å². The van der Waals surface area contributed by atoms with Gasteiger partial charge in [0.15, 0.2) is 11.5 Å². The largest absolute Gasteiger partial charge is 0.493 e. The van der Waals surface area contributed by atoms with E-state index in [1.807, 2.05) is 44.2 Å². The second-order valence-electron chi connectivity index (χ2n) is 7.52. The van der Waals surface area contributed by atoms with Crippen molar-refractivity contribution in [1.82, 2.24) is 15.1 Å². The average molecular weight is 409 g/mol. The van der Waals surface area contributed by atoms with Gasteiger partial charge >= 0.3 is 0 Å². The molecule has 3 rings (SSSR count). The molecule has 1 amide bonds. The van der Waals surface area contributed by atoms with Gasteiger partial charge in [0.2, 0.25) is 5.91 Å². The maximum atomic E-state index is 12.7. The van der Waals surface area contributed by atoms with E-state index in [0.29, 0.717) is 41.1 Å². The Labute approximate surface area is 175 Å². The Kier molecular flexibility index (Phi) is 6.72. The summed E-state index contributed by atoms with van der Waals surface area (Å²) in [6.07, 6.45) is 0.0895. The zero-order chi connectivity index (χ0) is 21.7. The van der Waals surface area contributed by atoms with E-state index in [-0.39, 0.29) is 23.8 Å². The Balaban J connectivity index is 1.79. The normalized spacial score (nSPS) is 11.0. The zero-order valence-electron chi connectivity index (χ0n) is 17.8. The first-order valence-corrected chi connectivity index (χ1v) is 9.89. The Bertz CT molecular complexity index is 1110. The fourth-order valence-corrected chi connectivity index (χ4v) is 3.31. The predicted molar refractivity (Wildman–Crippen MR) is 116 cm³/mol. The van der Waals surface area contributed by atoms with E-state index in [1.165, 1.54) is 4.68 Å². The number of hydrogen-bond donors (Lipinski definition) is 1. The lowest BCUT2D eigenvalue weighted by Crippen LogP contribution is -2.29. The molecule has 1 aromatic heterocycles. The quantitative estimate of drug-likeness (QED) is 0.619. The van der Waals surface area contributed by atoms with Crippen LogP contribution in [0.1, 0.15) is 25.1 Å². The van der Waals surface area contributed by atoms with Crippen molar-refractivity contribution in [2.45, 2.75) is 33.4 Å². The number of nitrogens with zero attached hydrogens (tertiary/aromatic N) is 2. The SMILES string of the molecule is COc1ccc(CNC(=O)Cc2nn(CC(C)C)c(=O)c3ccccc23)cc1OC. The van der Waals surface area contributed by atoms with E-state index >= 15 is 0 Å². The smallest absolute Gasteiger partial charge is 0.274 e. The number of benzene rings is 2. The van der Waals surface area contributed by atoms with Crippen molar-refractivity contribution >= 4 is 16.7 Å². The summed E-state index contributed by atoms with van der Waals surface area (Å²) in [6, 6.07) is 12.8. The molecular weight excluding hydrogens is 382 g/mol. The number of aromatic nitrogens is 2. The van der Waals surface area contributed by atoms with Crippen LogP contribution in [0.25, 0.3) is 10.8 Å². The van der Waals surface area contributed by atoms with Gasteiger partial charge < -0.3 is 14.8 Å². The Morgan fingerprint density at radius 2 is 1.77 bits per heavy atom. The highest BCUT2D eigenvalue weighted by atomic mass is 16.5. The van der Waals surface area contributed by atoms with Gasteiger partial charge in [-0.15, -0.1) is 0 Å². The van der Waals surface area contributed by atoms with Crippen LogP contribution in [0.5, 0.6) is 11.5 Å². The van der Waals surface area contributed by atoms with E-state index < -0.39 is 0 Å². The fraction of sp³-hybridized carbons (Fsp3) is 0.348. The standard InChI is InChI=1S/C23H27N3O4/c1-15(2)14-26-23(28)18-8-6-5-7-17(18)19(25-26)12-22(27)24-13-16-9-10-20(29-3)21(11-16)30-4/h5-11,15H,12-14H2,1-4H3,(H,24,27). The first-order chi connectivity index (χ1) is 14.4. The summed E-state index contributed by atoms with van der Waals surface area (Å²) in [5.74, 6) is 1.34. The van der Waals surface area contributed by atoms with Crippen molar-refractivity contribution in [2.75, 3.05) is 14.2 Å². The number of amides is 1. The molecule has 0 atom stereocenters. The summed E-state index contributed by atoms with van der Waals surface area (Å²) in [6.45, 7) is 4.91. The monoisotopic (exact) mass is 409 g/mol. The van der Waals surface area contributed by atoms with Gasteiger partial charge in [-0.3, -0.25) is 9.59 Å². The van der Waals surface area contributed by atoms with E-state index in [9.17, 15) is 9.59 Å². The Hall–Kier alpha value is -3.35. The number of carbonyl (C=O) groups excluding carboxylic acids is 1. The summed E-state index contributed by atoms with van der Waals surface area (Å²) in [5, 5.41) is 8.70. The van der Waals surface area contributed by atoms with Crippen LogP contribution < -0.4 is 20.3 Å². The molecule has 0 fully saturated rings. The topological polar surface area (TPSA) is 82.5 Å². The average Bonchev–Trinajstić information content (AvgIpc) is 2.75. The third-order valence-corrected chi connectivity index (χ3v) is 4.75. The summed E-state index contributed by atoms with van der Waals surface area (Å²) < 4.78 is 12.0. The number of carbonyl (C=O) groups is 1. The fourth-order valence-electron chi connectivity index (χ4n) is 3.31. The second-order valence-corrected chi connectivity index (χ2v) is 7.52. The molecule has 0 saturated carbocycles. The Morgan fingerprint density at radius 1 is 1.07 bits per heavy atom. The van der Waals surface area contributed by atoms with Crippen LogP contribution in [0, 0.1) is 5.92 Å². The minimum atomic E-state index is -0.169. The minimum absolute atomic E-state index is 0.0895. The molecule has 0 aliphatic carbocycles. The van der Waals surface area contributed by atoms with Gasteiger partial charge in [-0.25, -0.2) is 4.68 Å². The van der Waals surface area contributed by atoms with Gasteiger partial charge in [0.1, 0.15) is 0 Å². The van der Waals surface area contributed by atoms with E-state index in [4.69, 9.17) is 9.47 Å². The molecule has 158 valence electrons. The maximum Gasteiger partial charge on any atom is 0.274 e. The highest BCUT2D eigenvalue weighted by Gasteiger charge is 2.14. The van der Waals surface area contributed by atoms with Crippen molar-refractivity contribution in [1.29, 1.82) is 0 Å². The van der Waals surface area contributed by atoms with Gasteiger partial charge in [0.05, 0.1) is 31.7 Å². The molecule has 0 aliphatic rings. The van der Waals surface area contributed by atoms with Crippen LogP contribution >= 0.6 is 0 Å². The summed E-state index contributed by atoms with van der Waals surface area (Å²) in [7, 11) is 3.15. The first kappa shape index (κ1) is 21.4. The van der Waals surface area contributed by atoms with Crippen LogP contribution in [0.2, 0.25) is 0 Å². The minimum Gasteiger partial charge on any atom is -0.493 e. The maximum absolute atomic E-state index is 12.7. The molecule has 0 aliphatic heterocycles. The number of nitrogens with one attached hydrogen (secondary N) is 1. The third kappa shape index (κ3) is 4.79. The third-order valence-electron chi connectivity index (χ3n) is 4.75. The molecule has 7 nitrogen and oxygen atoms in total. The molecule has 0 saturated heterocycles. The predicted octanol–water partition coefficient (Wildman–Crippen LogP) is 2.93. The number of methoxy groups -OCH3 is 2. The summed E-state index contributed by atoms with van der Waals surface area (Å²) in [5.41, 5.74) is 1.35. The van der Waals surface area contributed by atoms with Crippen molar-refractivity contribution in [3.8, 4) is 11.5 Å². The van der Waals surface area contributed by atoms with Crippen LogP contribution in [-0.2, 0) is 24.3 Å². The van der Waals surface area contributed by atoms with Crippen molar-refractivity contribution in [2.24, 2.45) is 5.92 Å². The lowest BCUT2D eigenvalue weighted by molar-refractivity contribution is -0.120. The molecule has 0 spiro atoms. The van der Waals surface area contributed by atoms with Crippen LogP contribution in [0.4, 0.5) is 0 Å². The number of fused-ring (bicyclic) bond motifs is 1. The number of rotatable bonds is 8. The molecule has 1 heterocycles. The van der Waals surface area contributed by atoms with Gasteiger partial charge in [0.25, 0.3) is 5.56 Å². The highest BCUT2D eigenvalue weighted by Crippen LogP contribution is 2.27. The number of hydrogen-bond acceptors (Lipinski definition) is 5. The van der Waals surface area contributed by atoms with E-state index in [0.717, 1.165) is 5.56 Å².